The quantitative estimate of drug-likeness (QED) is 0.832. The van der Waals surface area contributed by atoms with Crippen LogP contribution in [0, 0.1) is 5.92 Å². The fourth-order valence-corrected chi connectivity index (χ4v) is 2.16. The molecule has 2 rings (SSSR count). The molecular weight excluding hydrogens is 242 g/mol. The highest BCUT2D eigenvalue weighted by Gasteiger charge is 2.29. The minimum atomic E-state index is -0.514. The number of hydrogen-bond acceptors (Lipinski definition) is 3. The first-order valence-corrected chi connectivity index (χ1v) is 6.46. The van der Waals surface area contributed by atoms with E-state index >= 15 is 0 Å². The molecule has 1 aromatic rings. The number of carbonyl (C=O) groups excluding carboxylic acids is 2. The third kappa shape index (κ3) is 3.56. The fraction of sp³-hybridized carbons (Fsp3) is 0.467. The number of rotatable bonds is 2. The van der Waals surface area contributed by atoms with E-state index in [-0.39, 0.29) is 24.2 Å². The largest absolute Gasteiger partial charge is 0.460 e. The predicted octanol–water partition coefficient (Wildman–Crippen LogP) is 2.53. The normalized spacial score (nSPS) is 18.5. The smallest absolute Gasteiger partial charge is 0.307 e. The summed E-state index contributed by atoms with van der Waals surface area (Å²) in [4.78, 5) is 23.7. The molecule has 4 heteroatoms. The average Bonchev–Trinajstić information content (AvgIpc) is 2.27. The minimum Gasteiger partial charge on any atom is -0.460 e. The maximum Gasteiger partial charge on any atom is 0.307 e. The number of esters is 1. The molecule has 0 radical (unpaired) electrons. The Hall–Kier alpha value is -1.84. The van der Waals surface area contributed by atoms with Crippen LogP contribution in [0.15, 0.2) is 24.3 Å². The van der Waals surface area contributed by atoms with Crippen molar-refractivity contribution in [2.24, 2.45) is 5.92 Å². The van der Waals surface area contributed by atoms with Crippen LogP contribution in [0.3, 0.4) is 0 Å². The molecular formula is C15H19NO3. The van der Waals surface area contributed by atoms with Crippen LogP contribution in [0.4, 0.5) is 5.69 Å². The van der Waals surface area contributed by atoms with Gasteiger partial charge in [0.2, 0.25) is 5.91 Å². The van der Waals surface area contributed by atoms with Crippen molar-refractivity contribution in [2.75, 3.05) is 5.32 Å². The van der Waals surface area contributed by atoms with E-state index in [9.17, 15) is 9.59 Å². The Morgan fingerprint density at radius 1 is 1.37 bits per heavy atom. The van der Waals surface area contributed by atoms with Gasteiger partial charge in [-0.3, -0.25) is 9.59 Å². The van der Waals surface area contributed by atoms with Crippen molar-refractivity contribution >= 4 is 17.6 Å². The van der Waals surface area contributed by atoms with E-state index in [1.807, 2.05) is 45.0 Å². The van der Waals surface area contributed by atoms with Gasteiger partial charge in [-0.15, -0.1) is 0 Å². The highest BCUT2D eigenvalue weighted by atomic mass is 16.6. The highest BCUT2D eigenvalue weighted by molar-refractivity contribution is 5.97. The number of ether oxygens (including phenoxy) is 1. The molecule has 0 spiro atoms. The molecule has 19 heavy (non-hydrogen) atoms. The first-order chi connectivity index (χ1) is 8.85. The summed E-state index contributed by atoms with van der Waals surface area (Å²) < 4.78 is 5.26. The van der Waals surface area contributed by atoms with Crippen LogP contribution >= 0.6 is 0 Å². The summed E-state index contributed by atoms with van der Waals surface area (Å²) in [5, 5.41) is 2.83. The van der Waals surface area contributed by atoms with Crippen LogP contribution < -0.4 is 5.32 Å². The molecule has 0 unspecified atom stereocenters. The number of benzene rings is 1. The summed E-state index contributed by atoms with van der Waals surface area (Å²) in [7, 11) is 0. The van der Waals surface area contributed by atoms with Crippen LogP contribution in [0.2, 0.25) is 0 Å². The molecule has 0 bridgehead atoms. The van der Waals surface area contributed by atoms with Gasteiger partial charge in [-0.25, -0.2) is 0 Å². The lowest BCUT2D eigenvalue weighted by atomic mass is 9.91. The number of hydrogen-bond donors (Lipinski definition) is 1. The van der Waals surface area contributed by atoms with E-state index in [2.05, 4.69) is 5.32 Å². The van der Waals surface area contributed by atoms with E-state index in [0.717, 1.165) is 11.3 Å². The summed E-state index contributed by atoms with van der Waals surface area (Å²) >= 11 is 0. The summed E-state index contributed by atoms with van der Waals surface area (Å²) in [5.41, 5.74) is 1.39. The van der Waals surface area contributed by atoms with E-state index in [4.69, 9.17) is 4.74 Å². The Balaban J connectivity index is 2.03. The van der Waals surface area contributed by atoms with Crippen LogP contribution in [-0.4, -0.2) is 17.5 Å². The number of anilines is 1. The molecule has 1 heterocycles. The van der Waals surface area contributed by atoms with Crippen molar-refractivity contribution < 1.29 is 14.3 Å². The Morgan fingerprint density at radius 2 is 2.05 bits per heavy atom. The lowest BCUT2D eigenvalue weighted by Gasteiger charge is -2.25. The molecule has 1 aromatic carbocycles. The van der Waals surface area contributed by atoms with E-state index in [1.165, 1.54) is 0 Å². The van der Waals surface area contributed by atoms with Gasteiger partial charge < -0.3 is 10.1 Å². The van der Waals surface area contributed by atoms with Crippen molar-refractivity contribution in [3.8, 4) is 0 Å². The second-order valence-corrected chi connectivity index (χ2v) is 5.84. The topological polar surface area (TPSA) is 55.4 Å². The monoisotopic (exact) mass is 261 g/mol. The Kier molecular flexibility index (Phi) is 3.60. The Bertz CT molecular complexity index is 502. The molecule has 4 nitrogen and oxygen atoms in total. The second kappa shape index (κ2) is 5.03. The molecule has 0 saturated heterocycles. The van der Waals surface area contributed by atoms with Crippen molar-refractivity contribution in [2.45, 2.75) is 39.2 Å². The molecule has 0 saturated carbocycles. The van der Waals surface area contributed by atoms with Gasteiger partial charge >= 0.3 is 5.97 Å². The highest BCUT2D eigenvalue weighted by Crippen LogP contribution is 2.27. The summed E-state index contributed by atoms with van der Waals surface area (Å²) in [6.07, 6.45) is 0.707. The molecule has 1 aliphatic rings. The van der Waals surface area contributed by atoms with Gasteiger partial charge in [0.15, 0.2) is 0 Å². The van der Waals surface area contributed by atoms with Crippen LogP contribution in [0.5, 0.6) is 0 Å². The second-order valence-electron chi connectivity index (χ2n) is 5.84. The van der Waals surface area contributed by atoms with Gasteiger partial charge in [0, 0.05) is 5.69 Å². The van der Waals surface area contributed by atoms with Gasteiger partial charge in [-0.05, 0) is 38.8 Å². The number of fused-ring (bicyclic) bond motifs is 1. The molecule has 1 atom stereocenters. The fourth-order valence-electron chi connectivity index (χ4n) is 2.16. The molecule has 1 amide bonds. The van der Waals surface area contributed by atoms with Crippen molar-refractivity contribution in [3.05, 3.63) is 29.8 Å². The first kappa shape index (κ1) is 13.6. The molecule has 0 aromatic heterocycles. The molecule has 1 aliphatic heterocycles. The third-order valence-corrected chi connectivity index (χ3v) is 2.95. The zero-order valence-electron chi connectivity index (χ0n) is 11.5. The molecule has 0 aliphatic carbocycles. The molecule has 102 valence electrons. The Morgan fingerprint density at radius 3 is 2.74 bits per heavy atom. The average molecular weight is 261 g/mol. The summed E-state index contributed by atoms with van der Waals surface area (Å²) in [6.45, 7) is 5.46. The standard InChI is InChI=1S/C15H19NO3/c1-15(2,3)19-13(17)9-11-8-10-6-4-5-7-12(10)16-14(11)18/h4-7,11H,8-9H2,1-3H3,(H,16,18)/t11-/m1/s1. The third-order valence-electron chi connectivity index (χ3n) is 2.95. The van der Waals surface area contributed by atoms with Crippen LogP contribution in [0.1, 0.15) is 32.8 Å². The van der Waals surface area contributed by atoms with E-state index in [0.29, 0.717) is 6.42 Å². The first-order valence-electron chi connectivity index (χ1n) is 6.46. The SMILES string of the molecule is CC(C)(C)OC(=O)C[C@H]1Cc2ccccc2NC1=O. The van der Waals surface area contributed by atoms with Gasteiger partial charge in [-0.2, -0.15) is 0 Å². The zero-order valence-corrected chi connectivity index (χ0v) is 11.5. The summed E-state index contributed by atoms with van der Waals surface area (Å²) in [5.74, 6) is -0.777. The Labute approximate surface area is 113 Å². The molecule has 1 N–H and O–H groups in total. The van der Waals surface area contributed by atoms with Gasteiger partial charge in [-0.1, -0.05) is 18.2 Å². The van der Waals surface area contributed by atoms with Crippen molar-refractivity contribution in [3.63, 3.8) is 0 Å². The minimum absolute atomic E-state index is 0.107. The predicted molar refractivity (Wildman–Crippen MR) is 72.7 cm³/mol. The lowest BCUT2D eigenvalue weighted by molar-refractivity contribution is -0.157. The van der Waals surface area contributed by atoms with Crippen LogP contribution in [-0.2, 0) is 20.7 Å². The number of carbonyl (C=O) groups is 2. The van der Waals surface area contributed by atoms with E-state index in [1.54, 1.807) is 0 Å². The van der Waals surface area contributed by atoms with Crippen molar-refractivity contribution in [1.82, 2.24) is 0 Å². The van der Waals surface area contributed by atoms with Gasteiger partial charge in [0.1, 0.15) is 5.60 Å². The van der Waals surface area contributed by atoms with Crippen LogP contribution in [0.25, 0.3) is 0 Å². The number of nitrogens with one attached hydrogen (secondary N) is 1. The molecule has 0 fully saturated rings. The maximum atomic E-state index is 11.9. The summed E-state index contributed by atoms with van der Waals surface area (Å²) in [6, 6.07) is 7.65. The van der Waals surface area contributed by atoms with Crippen molar-refractivity contribution in [1.29, 1.82) is 0 Å². The van der Waals surface area contributed by atoms with Gasteiger partial charge in [0.25, 0.3) is 0 Å². The lowest BCUT2D eigenvalue weighted by Crippen LogP contribution is -2.33. The number of para-hydroxylation sites is 1. The van der Waals surface area contributed by atoms with Gasteiger partial charge in [0.05, 0.1) is 12.3 Å². The zero-order chi connectivity index (χ0) is 14.0. The van der Waals surface area contributed by atoms with E-state index < -0.39 is 5.60 Å². The maximum absolute atomic E-state index is 11.9. The number of amides is 1.